The smallest absolute Gasteiger partial charge is 0.408 e. The third kappa shape index (κ3) is 3.21. The fourth-order valence-corrected chi connectivity index (χ4v) is 4.51. The molecular formula is C16H21N3O5S. The standard InChI is InChI=1S/C16H21N3O5S/c1-3-15(20)18-7-4-8-19(10-9-18)25(22,23)12-5-6-14-13(11-12)17(2)16(21)24-14/h5-6,11H,3-4,7-10H2,1-2H3. The Morgan fingerprint density at radius 1 is 1.20 bits per heavy atom. The Labute approximate surface area is 145 Å². The molecule has 0 aliphatic carbocycles. The summed E-state index contributed by atoms with van der Waals surface area (Å²) in [6, 6.07) is 4.39. The van der Waals surface area contributed by atoms with Gasteiger partial charge in [-0.2, -0.15) is 4.31 Å². The van der Waals surface area contributed by atoms with E-state index in [-0.39, 0.29) is 17.3 Å². The van der Waals surface area contributed by atoms with Crippen molar-refractivity contribution in [1.29, 1.82) is 0 Å². The Bertz CT molecular complexity index is 960. The summed E-state index contributed by atoms with van der Waals surface area (Å²) >= 11 is 0. The second kappa shape index (κ2) is 6.64. The van der Waals surface area contributed by atoms with Crippen molar-refractivity contribution in [3.63, 3.8) is 0 Å². The lowest BCUT2D eigenvalue weighted by atomic mass is 10.3. The Balaban J connectivity index is 1.90. The first-order valence-electron chi connectivity index (χ1n) is 8.22. The monoisotopic (exact) mass is 367 g/mol. The van der Waals surface area contributed by atoms with Crippen LogP contribution in [0.5, 0.6) is 0 Å². The second-order valence-electron chi connectivity index (χ2n) is 6.05. The van der Waals surface area contributed by atoms with Crippen molar-refractivity contribution in [2.24, 2.45) is 7.05 Å². The van der Waals surface area contributed by atoms with E-state index in [2.05, 4.69) is 0 Å². The number of carbonyl (C=O) groups excluding carboxylic acids is 1. The number of carbonyl (C=O) groups is 1. The summed E-state index contributed by atoms with van der Waals surface area (Å²) in [6.45, 7) is 3.37. The van der Waals surface area contributed by atoms with E-state index < -0.39 is 15.8 Å². The van der Waals surface area contributed by atoms with E-state index in [1.807, 2.05) is 0 Å². The van der Waals surface area contributed by atoms with E-state index >= 15 is 0 Å². The molecule has 3 rings (SSSR count). The molecule has 0 radical (unpaired) electrons. The summed E-state index contributed by atoms with van der Waals surface area (Å²) in [5.41, 5.74) is 0.783. The number of rotatable bonds is 3. The van der Waals surface area contributed by atoms with Gasteiger partial charge in [-0.25, -0.2) is 13.2 Å². The van der Waals surface area contributed by atoms with Crippen molar-refractivity contribution >= 4 is 27.0 Å². The Hall–Kier alpha value is -2.13. The van der Waals surface area contributed by atoms with Crippen LogP contribution in [0, 0.1) is 0 Å². The number of fused-ring (bicyclic) bond motifs is 1. The number of oxazole rings is 1. The van der Waals surface area contributed by atoms with E-state index in [1.54, 1.807) is 11.8 Å². The first-order valence-corrected chi connectivity index (χ1v) is 9.66. The molecule has 136 valence electrons. The minimum atomic E-state index is -3.70. The minimum absolute atomic E-state index is 0.0362. The van der Waals surface area contributed by atoms with Gasteiger partial charge in [0.2, 0.25) is 15.9 Å². The number of benzene rings is 1. The second-order valence-corrected chi connectivity index (χ2v) is 7.99. The van der Waals surface area contributed by atoms with Crippen LogP contribution in [0.1, 0.15) is 19.8 Å². The number of aryl methyl sites for hydroxylation is 1. The fourth-order valence-electron chi connectivity index (χ4n) is 3.02. The first-order chi connectivity index (χ1) is 11.8. The van der Waals surface area contributed by atoms with Gasteiger partial charge in [0, 0.05) is 39.6 Å². The van der Waals surface area contributed by atoms with Crippen molar-refractivity contribution in [2.75, 3.05) is 26.2 Å². The average molecular weight is 367 g/mol. The summed E-state index contributed by atoms with van der Waals surface area (Å²) in [5, 5.41) is 0. The van der Waals surface area contributed by atoms with Crippen LogP contribution in [0.25, 0.3) is 11.1 Å². The number of nitrogens with zero attached hydrogens (tertiary/aromatic N) is 3. The van der Waals surface area contributed by atoms with Crippen LogP contribution in [0.3, 0.4) is 0 Å². The van der Waals surface area contributed by atoms with Gasteiger partial charge in [-0.3, -0.25) is 9.36 Å². The third-order valence-electron chi connectivity index (χ3n) is 4.51. The molecule has 1 amide bonds. The molecule has 1 aromatic heterocycles. The van der Waals surface area contributed by atoms with Gasteiger partial charge in [-0.1, -0.05) is 6.92 Å². The van der Waals surface area contributed by atoms with E-state index in [1.165, 1.54) is 34.1 Å². The fraction of sp³-hybridized carbons (Fsp3) is 0.500. The van der Waals surface area contributed by atoms with Crippen LogP contribution in [-0.2, 0) is 21.9 Å². The molecule has 0 saturated carbocycles. The molecule has 2 heterocycles. The van der Waals surface area contributed by atoms with Crippen molar-refractivity contribution < 1.29 is 17.6 Å². The van der Waals surface area contributed by atoms with Crippen LogP contribution in [-0.4, -0.2) is 54.3 Å². The highest BCUT2D eigenvalue weighted by molar-refractivity contribution is 7.89. The maximum absolute atomic E-state index is 13.0. The zero-order chi connectivity index (χ0) is 18.2. The Morgan fingerprint density at radius 2 is 1.96 bits per heavy atom. The van der Waals surface area contributed by atoms with Gasteiger partial charge < -0.3 is 9.32 Å². The Kier molecular flexibility index (Phi) is 4.70. The van der Waals surface area contributed by atoms with E-state index in [0.29, 0.717) is 43.6 Å². The third-order valence-corrected chi connectivity index (χ3v) is 6.41. The molecule has 8 nitrogen and oxygen atoms in total. The molecule has 0 N–H and O–H groups in total. The highest BCUT2D eigenvalue weighted by atomic mass is 32.2. The van der Waals surface area contributed by atoms with Crippen LogP contribution in [0.4, 0.5) is 0 Å². The summed E-state index contributed by atoms with van der Waals surface area (Å²) in [4.78, 5) is 25.2. The molecule has 0 unspecified atom stereocenters. The SMILES string of the molecule is CCC(=O)N1CCCN(S(=O)(=O)c2ccc3oc(=O)n(C)c3c2)CC1. The molecule has 0 atom stereocenters. The summed E-state index contributed by atoms with van der Waals surface area (Å²) < 4.78 is 33.6. The van der Waals surface area contributed by atoms with Crippen molar-refractivity contribution in [2.45, 2.75) is 24.7 Å². The molecule has 1 saturated heterocycles. The lowest BCUT2D eigenvalue weighted by Gasteiger charge is -2.21. The molecule has 9 heteroatoms. The molecule has 1 fully saturated rings. The van der Waals surface area contributed by atoms with E-state index in [4.69, 9.17) is 4.42 Å². The van der Waals surface area contributed by atoms with Gasteiger partial charge >= 0.3 is 5.76 Å². The van der Waals surface area contributed by atoms with Gasteiger partial charge in [-0.15, -0.1) is 0 Å². The predicted octanol–water partition coefficient (Wildman–Crippen LogP) is 0.764. The number of aromatic nitrogens is 1. The molecular weight excluding hydrogens is 346 g/mol. The zero-order valence-electron chi connectivity index (χ0n) is 14.3. The number of hydrogen-bond acceptors (Lipinski definition) is 5. The average Bonchev–Trinajstić information content (AvgIpc) is 2.79. The highest BCUT2D eigenvalue weighted by Crippen LogP contribution is 2.22. The van der Waals surface area contributed by atoms with Crippen molar-refractivity contribution in [3.05, 3.63) is 28.7 Å². The quantitative estimate of drug-likeness (QED) is 0.799. The summed E-state index contributed by atoms with van der Waals surface area (Å²) in [6.07, 6.45) is 1.01. The first kappa shape index (κ1) is 17.7. The van der Waals surface area contributed by atoms with Crippen molar-refractivity contribution in [1.82, 2.24) is 13.8 Å². The lowest BCUT2D eigenvalue weighted by molar-refractivity contribution is -0.130. The maximum Gasteiger partial charge on any atom is 0.419 e. The summed E-state index contributed by atoms with van der Waals surface area (Å²) in [7, 11) is -2.17. The number of hydrogen-bond donors (Lipinski definition) is 0. The van der Waals surface area contributed by atoms with Gasteiger partial charge in [-0.05, 0) is 24.6 Å². The molecule has 25 heavy (non-hydrogen) atoms. The van der Waals surface area contributed by atoms with Gasteiger partial charge in [0.1, 0.15) is 0 Å². The lowest BCUT2D eigenvalue weighted by Crippen LogP contribution is -2.37. The summed E-state index contributed by atoms with van der Waals surface area (Å²) in [5.74, 6) is -0.498. The van der Waals surface area contributed by atoms with Crippen molar-refractivity contribution in [3.8, 4) is 0 Å². The topological polar surface area (TPSA) is 92.8 Å². The normalized spacial score (nSPS) is 17.0. The number of amides is 1. The highest BCUT2D eigenvalue weighted by Gasteiger charge is 2.28. The molecule has 0 bridgehead atoms. The van der Waals surface area contributed by atoms with Gasteiger partial charge in [0.15, 0.2) is 5.58 Å². The largest absolute Gasteiger partial charge is 0.419 e. The molecule has 1 aliphatic heterocycles. The van der Waals surface area contributed by atoms with Gasteiger partial charge in [0.25, 0.3) is 0 Å². The van der Waals surface area contributed by atoms with Crippen LogP contribution < -0.4 is 5.76 Å². The predicted molar refractivity (Wildman–Crippen MR) is 91.7 cm³/mol. The minimum Gasteiger partial charge on any atom is -0.408 e. The Morgan fingerprint density at radius 3 is 2.68 bits per heavy atom. The van der Waals surface area contributed by atoms with Crippen LogP contribution in [0.2, 0.25) is 0 Å². The van der Waals surface area contributed by atoms with Crippen LogP contribution >= 0.6 is 0 Å². The maximum atomic E-state index is 13.0. The van der Waals surface area contributed by atoms with E-state index in [9.17, 15) is 18.0 Å². The molecule has 0 spiro atoms. The molecule has 1 aromatic carbocycles. The van der Waals surface area contributed by atoms with E-state index in [0.717, 1.165) is 0 Å². The number of sulfonamides is 1. The molecule has 2 aromatic rings. The van der Waals surface area contributed by atoms with Gasteiger partial charge in [0.05, 0.1) is 10.4 Å². The zero-order valence-corrected chi connectivity index (χ0v) is 15.1. The van der Waals surface area contributed by atoms with Crippen LogP contribution in [0.15, 0.2) is 32.3 Å². The molecule has 1 aliphatic rings.